The van der Waals surface area contributed by atoms with Crippen LogP contribution in [0.5, 0.6) is 0 Å². The van der Waals surface area contributed by atoms with Gasteiger partial charge in [-0.05, 0) is 32.2 Å². The Hall–Kier alpha value is -0.650. The van der Waals surface area contributed by atoms with Gasteiger partial charge in [0.15, 0.2) is 0 Å². The molecule has 2 unspecified atom stereocenters. The van der Waals surface area contributed by atoms with Gasteiger partial charge in [0, 0.05) is 38.3 Å². The number of rotatable bonds is 8. The van der Waals surface area contributed by atoms with Gasteiger partial charge in [-0.25, -0.2) is 0 Å². The van der Waals surface area contributed by atoms with Crippen molar-refractivity contribution in [2.24, 2.45) is 11.7 Å². The molecule has 1 heterocycles. The van der Waals surface area contributed by atoms with E-state index in [2.05, 4.69) is 42.8 Å². The predicted octanol–water partition coefficient (Wildman–Crippen LogP) is 0.892. The average molecular weight is 298 g/mol. The van der Waals surface area contributed by atoms with Crippen molar-refractivity contribution in [3.8, 4) is 0 Å². The summed E-state index contributed by atoms with van der Waals surface area (Å²) < 4.78 is 0. The predicted molar refractivity (Wildman–Crippen MR) is 88.2 cm³/mol. The highest BCUT2D eigenvalue weighted by atomic mass is 16.2. The molecule has 0 spiro atoms. The Morgan fingerprint density at radius 1 is 1.19 bits per heavy atom. The highest BCUT2D eigenvalue weighted by molar-refractivity contribution is 5.78. The molecule has 1 rings (SSSR count). The molecule has 0 saturated carbocycles. The van der Waals surface area contributed by atoms with Gasteiger partial charge >= 0.3 is 0 Å². The minimum absolute atomic E-state index is 0.152. The molecule has 5 nitrogen and oxygen atoms in total. The number of carbonyl (C=O) groups excluding carboxylic acids is 1. The van der Waals surface area contributed by atoms with Gasteiger partial charge in [0.1, 0.15) is 0 Å². The maximum absolute atomic E-state index is 12.0. The number of amides is 1. The molecule has 2 atom stereocenters. The molecule has 3 N–H and O–H groups in total. The van der Waals surface area contributed by atoms with E-state index >= 15 is 0 Å². The third kappa shape index (κ3) is 6.32. The zero-order chi connectivity index (χ0) is 15.8. The van der Waals surface area contributed by atoms with Gasteiger partial charge in [0.25, 0.3) is 0 Å². The quantitative estimate of drug-likeness (QED) is 0.699. The molecule has 1 aliphatic heterocycles. The number of piperazine rings is 1. The number of nitrogens with one attached hydrogen (secondary N) is 1. The minimum atomic E-state index is 0.152. The van der Waals surface area contributed by atoms with Crippen molar-refractivity contribution >= 4 is 5.91 Å². The lowest BCUT2D eigenvalue weighted by atomic mass is 10.1. The number of nitrogens with zero attached hydrogens (tertiary/aromatic N) is 2. The molecule has 0 aromatic heterocycles. The Labute approximate surface area is 130 Å². The topological polar surface area (TPSA) is 61.6 Å². The zero-order valence-electron chi connectivity index (χ0n) is 14.3. The van der Waals surface area contributed by atoms with Crippen molar-refractivity contribution in [1.29, 1.82) is 0 Å². The maximum atomic E-state index is 12.0. The van der Waals surface area contributed by atoms with Gasteiger partial charge < -0.3 is 11.1 Å². The Bertz CT molecular complexity index is 301. The minimum Gasteiger partial charge on any atom is -0.352 e. The summed E-state index contributed by atoms with van der Waals surface area (Å²) in [4.78, 5) is 16.8. The van der Waals surface area contributed by atoms with E-state index in [1.807, 2.05) is 0 Å². The van der Waals surface area contributed by atoms with Crippen molar-refractivity contribution in [2.45, 2.75) is 52.6 Å². The first kappa shape index (κ1) is 18.4. The second kappa shape index (κ2) is 9.38. The van der Waals surface area contributed by atoms with Crippen LogP contribution in [0.25, 0.3) is 0 Å². The van der Waals surface area contributed by atoms with Gasteiger partial charge in [0.2, 0.25) is 5.91 Å². The van der Waals surface area contributed by atoms with Crippen LogP contribution in [0.3, 0.4) is 0 Å². The van der Waals surface area contributed by atoms with Gasteiger partial charge in [0.05, 0.1) is 6.54 Å². The molecular weight excluding hydrogens is 264 g/mol. The van der Waals surface area contributed by atoms with Gasteiger partial charge in [-0.15, -0.1) is 0 Å². The zero-order valence-corrected chi connectivity index (χ0v) is 14.3. The monoisotopic (exact) mass is 298 g/mol. The van der Waals surface area contributed by atoms with E-state index in [0.29, 0.717) is 18.5 Å². The summed E-state index contributed by atoms with van der Waals surface area (Å²) in [6, 6.07) is 0.847. The van der Waals surface area contributed by atoms with E-state index in [-0.39, 0.29) is 11.9 Å². The largest absolute Gasteiger partial charge is 0.352 e. The lowest BCUT2D eigenvalue weighted by Gasteiger charge is -2.39. The summed E-state index contributed by atoms with van der Waals surface area (Å²) in [6.07, 6.45) is 2.23. The van der Waals surface area contributed by atoms with Crippen molar-refractivity contribution in [3.05, 3.63) is 0 Å². The third-order valence-corrected chi connectivity index (χ3v) is 4.65. The average Bonchev–Trinajstić information content (AvgIpc) is 2.45. The fourth-order valence-corrected chi connectivity index (χ4v) is 2.79. The fourth-order valence-electron chi connectivity index (χ4n) is 2.79. The Balaban J connectivity index is 2.31. The number of nitrogens with two attached hydrogens (primary N) is 1. The molecule has 124 valence electrons. The van der Waals surface area contributed by atoms with E-state index in [4.69, 9.17) is 5.73 Å². The summed E-state index contributed by atoms with van der Waals surface area (Å²) in [5.74, 6) is 0.631. The smallest absolute Gasteiger partial charge is 0.234 e. The van der Waals surface area contributed by atoms with Crippen LogP contribution in [0.2, 0.25) is 0 Å². The third-order valence-electron chi connectivity index (χ3n) is 4.65. The van der Waals surface area contributed by atoms with Crippen LogP contribution >= 0.6 is 0 Å². The highest BCUT2D eigenvalue weighted by Gasteiger charge is 2.23. The first-order valence-corrected chi connectivity index (χ1v) is 8.43. The lowest BCUT2D eigenvalue weighted by Crippen LogP contribution is -2.53. The Morgan fingerprint density at radius 2 is 1.81 bits per heavy atom. The van der Waals surface area contributed by atoms with E-state index < -0.39 is 0 Å². The summed E-state index contributed by atoms with van der Waals surface area (Å²) in [5.41, 5.74) is 5.69. The molecule has 1 saturated heterocycles. The lowest BCUT2D eigenvalue weighted by molar-refractivity contribution is -0.123. The second-order valence-corrected chi connectivity index (χ2v) is 6.55. The van der Waals surface area contributed by atoms with Crippen LogP contribution in [0.15, 0.2) is 0 Å². The van der Waals surface area contributed by atoms with Crippen LogP contribution in [0, 0.1) is 5.92 Å². The van der Waals surface area contributed by atoms with Crippen molar-refractivity contribution < 1.29 is 4.79 Å². The number of carbonyl (C=O) groups is 1. The Kier molecular flexibility index (Phi) is 8.22. The Morgan fingerprint density at radius 3 is 2.29 bits per heavy atom. The standard InChI is InChI=1S/C16H34N4O/c1-5-15(6-7-17)20-10-8-19(9-11-20)12-16(21)18-14(4)13(2)3/h13-15H,5-12,17H2,1-4H3,(H,18,21). The van der Waals surface area contributed by atoms with Crippen LogP contribution in [-0.2, 0) is 4.79 Å². The molecule has 0 radical (unpaired) electrons. The van der Waals surface area contributed by atoms with Crippen LogP contribution < -0.4 is 11.1 Å². The molecule has 21 heavy (non-hydrogen) atoms. The highest BCUT2D eigenvalue weighted by Crippen LogP contribution is 2.11. The molecular formula is C16H34N4O. The van der Waals surface area contributed by atoms with Crippen LogP contribution in [0.1, 0.15) is 40.5 Å². The molecule has 5 heteroatoms. The summed E-state index contributed by atoms with van der Waals surface area (Å²) in [6.45, 7) is 13.9. The van der Waals surface area contributed by atoms with Crippen LogP contribution in [0.4, 0.5) is 0 Å². The maximum Gasteiger partial charge on any atom is 0.234 e. The molecule has 1 fully saturated rings. The van der Waals surface area contributed by atoms with Gasteiger partial charge in [-0.1, -0.05) is 20.8 Å². The van der Waals surface area contributed by atoms with Gasteiger partial charge in [-0.3, -0.25) is 14.6 Å². The van der Waals surface area contributed by atoms with E-state index in [1.165, 1.54) is 0 Å². The van der Waals surface area contributed by atoms with Crippen molar-refractivity contribution in [3.63, 3.8) is 0 Å². The SMILES string of the molecule is CCC(CCN)N1CCN(CC(=O)NC(C)C(C)C)CC1. The normalized spacial score (nSPS) is 20.5. The van der Waals surface area contributed by atoms with Crippen molar-refractivity contribution in [1.82, 2.24) is 15.1 Å². The summed E-state index contributed by atoms with van der Waals surface area (Å²) in [5, 5.41) is 3.08. The molecule has 0 aromatic carbocycles. The molecule has 0 aromatic rings. The number of hydrogen-bond acceptors (Lipinski definition) is 4. The molecule has 0 bridgehead atoms. The molecule has 1 amide bonds. The van der Waals surface area contributed by atoms with Gasteiger partial charge in [-0.2, -0.15) is 0 Å². The first-order valence-electron chi connectivity index (χ1n) is 8.43. The summed E-state index contributed by atoms with van der Waals surface area (Å²) in [7, 11) is 0. The molecule has 1 aliphatic rings. The fraction of sp³-hybridized carbons (Fsp3) is 0.938. The van der Waals surface area contributed by atoms with E-state index in [9.17, 15) is 4.79 Å². The van der Waals surface area contributed by atoms with E-state index in [1.54, 1.807) is 0 Å². The first-order chi connectivity index (χ1) is 9.97. The van der Waals surface area contributed by atoms with Crippen molar-refractivity contribution in [2.75, 3.05) is 39.3 Å². The number of hydrogen-bond donors (Lipinski definition) is 2. The summed E-state index contributed by atoms with van der Waals surface area (Å²) >= 11 is 0. The van der Waals surface area contributed by atoms with Crippen LogP contribution in [-0.4, -0.2) is 67.1 Å². The molecule has 0 aliphatic carbocycles. The van der Waals surface area contributed by atoms with E-state index in [0.717, 1.165) is 45.6 Å². The second-order valence-electron chi connectivity index (χ2n) is 6.55.